The normalized spacial score (nSPS) is 11.8. The molecule has 17 heteroatoms. The molecule has 252 valence electrons. The summed E-state index contributed by atoms with van der Waals surface area (Å²) in [6, 6.07) is 20.6. The fraction of sp³-hybridized carbons (Fsp3) is 0.276. The van der Waals surface area contributed by atoms with Crippen LogP contribution in [0.5, 0.6) is 11.5 Å². The van der Waals surface area contributed by atoms with E-state index in [4.69, 9.17) is 61.2 Å². The van der Waals surface area contributed by atoms with Crippen LogP contribution in [0.3, 0.4) is 0 Å². The Kier molecular flexibility index (Phi) is 15.9. The third-order valence-electron chi connectivity index (χ3n) is 6.75. The Morgan fingerprint density at radius 3 is 1.48 bits per heavy atom. The molecular formula is C29H35Cl3N3O8RhSi2. The minimum absolute atomic E-state index is 0.0288. The van der Waals surface area contributed by atoms with Crippen LogP contribution in [-0.2, 0) is 30.7 Å². The molecule has 3 aromatic heterocycles. The van der Waals surface area contributed by atoms with Gasteiger partial charge in [-0.3, -0.25) is 9.97 Å². The van der Waals surface area contributed by atoms with Gasteiger partial charge in [0.05, 0.1) is 35.2 Å². The van der Waals surface area contributed by atoms with Gasteiger partial charge < -0.3 is 37.4 Å². The molecule has 0 spiro atoms. The van der Waals surface area contributed by atoms with Crippen molar-refractivity contribution in [3.05, 3.63) is 79.1 Å². The van der Waals surface area contributed by atoms with Gasteiger partial charge in [0.25, 0.3) is 8.32 Å². The second kappa shape index (κ2) is 19.1. The molecule has 0 fully saturated rings. The van der Waals surface area contributed by atoms with Gasteiger partial charge in [-0.1, -0.05) is 12.1 Å². The standard InChI is InChI=1S/C29H35N3O8Si2.3ClH.Rh/c1-35-41(18-33,19-34)20-39-24-13-22(14-25(17-24)40-21-42(36-2,37-3)38-4)23-15-28(26-9-5-7-11-30-26)32-29(16-23)27-10-6-8-12-31-27;;;;/h5-17,33-34H,18-21H2,1-4H3;3*1H;/q;;;;+3/p-3. The third kappa shape index (κ3) is 11.0. The average Bonchev–Trinajstić information content (AvgIpc) is 3.10. The summed E-state index contributed by atoms with van der Waals surface area (Å²) in [6.45, 7) is 0. The van der Waals surface area contributed by atoms with Crippen LogP contribution >= 0.6 is 29.1 Å². The summed E-state index contributed by atoms with van der Waals surface area (Å²) < 4.78 is 34.3. The Bertz CT molecular complexity index is 1380. The summed E-state index contributed by atoms with van der Waals surface area (Å²) in [6.07, 6.45) is 2.93. The molecular weight excluding hydrogens is 784 g/mol. The number of nitrogens with zero attached hydrogens (tertiary/aromatic N) is 3. The molecule has 0 aliphatic heterocycles. The fourth-order valence-corrected chi connectivity index (χ4v) is 6.32. The Hall–Kier alpha value is -2.04. The summed E-state index contributed by atoms with van der Waals surface area (Å²) in [5.74, 6) is 0.923. The number of rotatable bonds is 15. The number of pyridine rings is 3. The molecule has 0 radical (unpaired) electrons. The summed E-state index contributed by atoms with van der Waals surface area (Å²) >= 11 is -1.66. The maximum absolute atomic E-state index is 9.89. The topological polar surface area (TPSA) is 135 Å². The molecule has 3 heterocycles. The molecule has 4 rings (SSSR count). The van der Waals surface area contributed by atoms with E-state index in [1.807, 2.05) is 60.7 Å². The van der Waals surface area contributed by atoms with Gasteiger partial charge in [0.15, 0.2) is 6.23 Å². The number of hydrogen-bond acceptors (Lipinski definition) is 11. The van der Waals surface area contributed by atoms with E-state index in [0.29, 0.717) is 34.3 Å². The summed E-state index contributed by atoms with van der Waals surface area (Å²) in [5, 5.41) is 19.8. The molecule has 2 N–H and O–H groups in total. The van der Waals surface area contributed by atoms with Crippen molar-refractivity contribution in [2.45, 2.75) is 0 Å². The Morgan fingerprint density at radius 1 is 0.630 bits per heavy atom. The van der Waals surface area contributed by atoms with Crippen molar-refractivity contribution in [3.8, 4) is 45.4 Å². The van der Waals surface area contributed by atoms with Crippen molar-refractivity contribution in [2.24, 2.45) is 0 Å². The van der Waals surface area contributed by atoms with Gasteiger partial charge in [0.1, 0.15) is 17.7 Å². The number of aliphatic hydroxyl groups excluding tert-OH is 2. The first-order valence-electron chi connectivity index (χ1n) is 13.5. The SMILES string of the molecule is CO[Si](CO)(CO)COc1cc(OC[Si](OC)(OC)OC)cc(-c2cc(-c3ccccn3)nc(-c3ccccn3)c2)c1.[Cl][Rh]([Cl])[Cl]. The van der Waals surface area contributed by atoms with E-state index >= 15 is 0 Å². The van der Waals surface area contributed by atoms with Crippen LogP contribution in [0.1, 0.15) is 0 Å². The van der Waals surface area contributed by atoms with Crippen LogP contribution < -0.4 is 9.47 Å². The van der Waals surface area contributed by atoms with Crippen molar-refractivity contribution in [2.75, 3.05) is 53.4 Å². The number of aliphatic hydroxyl groups is 2. The van der Waals surface area contributed by atoms with E-state index in [0.717, 1.165) is 11.1 Å². The van der Waals surface area contributed by atoms with Crippen LogP contribution in [0.25, 0.3) is 33.9 Å². The van der Waals surface area contributed by atoms with Gasteiger partial charge in [-0.05, 0) is 59.7 Å². The van der Waals surface area contributed by atoms with Gasteiger partial charge in [-0.2, -0.15) is 0 Å². The summed E-state index contributed by atoms with van der Waals surface area (Å²) in [4.78, 5) is 13.8. The zero-order valence-electron chi connectivity index (χ0n) is 25.5. The molecule has 0 saturated heterocycles. The van der Waals surface area contributed by atoms with E-state index in [9.17, 15) is 10.2 Å². The van der Waals surface area contributed by atoms with E-state index in [2.05, 4.69) is 9.97 Å². The van der Waals surface area contributed by atoms with Crippen molar-refractivity contribution in [3.63, 3.8) is 0 Å². The van der Waals surface area contributed by atoms with Crippen LogP contribution in [0.15, 0.2) is 79.1 Å². The van der Waals surface area contributed by atoms with Crippen LogP contribution in [0.2, 0.25) is 0 Å². The number of aromatic nitrogens is 3. The van der Waals surface area contributed by atoms with E-state index in [-0.39, 0.29) is 24.9 Å². The van der Waals surface area contributed by atoms with Gasteiger partial charge in [0.2, 0.25) is 0 Å². The van der Waals surface area contributed by atoms with Gasteiger partial charge in [-0.25, -0.2) is 4.98 Å². The van der Waals surface area contributed by atoms with Crippen molar-refractivity contribution in [1.29, 1.82) is 0 Å². The third-order valence-corrected chi connectivity index (χ3v) is 11.8. The second-order valence-electron chi connectivity index (χ2n) is 9.47. The predicted octanol–water partition coefficient (Wildman–Crippen LogP) is 5.31. The molecule has 0 amide bonds. The molecule has 0 aliphatic carbocycles. The Morgan fingerprint density at radius 2 is 1.09 bits per heavy atom. The minimum atomic E-state index is -3.05. The zero-order valence-corrected chi connectivity index (χ0v) is 31.4. The molecule has 0 bridgehead atoms. The van der Waals surface area contributed by atoms with Crippen LogP contribution in [0.4, 0.5) is 0 Å². The maximum atomic E-state index is 9.89. The molecule has 11 nitrogen and oxygen atoms in total. The summed E-state index contributed by atoms with van der Waals surface area (Å²) in [7, 11) is 14.8. The Labute approximate surface area is 287 Å². The van der Waals surface area contributed by atoms with E-state index in [1.54, 1.807) is 18.5 Å². The molecule has 0 aliphatic rings. The predicted molar refractivity (Wildman–Crippen MR) is 178 cm³/mol. The van der Waals surface area contributed by atoms with Crippen molar-refractivity contribution < 1.29 is 50.4 Å². The summed E-state index contributed by atoms with van der Waals surface area (Å²) in [5.41, 5.74) is 4.32. The molecule has 0 atom stereocenters. The van der Waals surface area contributed by atoms with Crippen molar-refractivity contribution in [1.82, 2.24) is 15.0 Å². The number of ether oxygens (including phenoxy) is 2. The van der Waals surface area contributed by atoms with Crippen LogP contribution in [0, 0.1) is 0 Å². The zero-order chi connectivity index (χ0) is 33.6. The second-order valence-corrected chi connectivity index (χ2v) is 23.5. The number of hydrogen-bond donors (Lipinski definition) is 2. The molecule has 46 heavy (non-hydrogen) atoms. The molecule has 1 aromatic carbocycles. The fourth-order valence-electron chi connectivity index (χ4n) is 4.04. The van der Waals surface area contributed by atoms with Gasteiger partial charge in [0, 0.05) is 46.9 Å². The van der Waals surface area contributed by atoms with E-state index in [1.165, 1.54) is 28.4 Å². The number of benzene rings is 1. The first-order valence-corrected chi connectivity index (χ1v) is 24.3. The first-order chi connectivity index (χ1) is 22.2. The quantitative estimate of drug-likeness (QED) is 0.151. The molecule has 4 aromatic rings. The van der Waals surface area contributed by atoms with Crippen LogP contribution in [-0.4, -0.2) is 95.6 Å². The van der Waals surface area contributed by atoms with Gasteiger partial charge in [-0.15, -0.1) is 0 Å². The first kappa shape index (κ1) is 38.4. The van der Waals surface area contributed by atoms with Crippen molar-refractivity contribution >= 4 is 46.2 Å². The van der Waals surface area contributed by atoms with E-state index < -0.39 is 30.1 Å². The molecule has 0 unspecified atom stereocenters. The number of halogens is 3. The average molecular weight is 819 g/mol. The van der Waals surface area contributed by atoms with Gasteiger partial charge >= 0.3 is 50.9 Å². The Balaban J connectivity index is 0.00000136. The monoisotopic (exact) mass is 817 g/mol. The molecule has 0 saturated carbocycles.